The lowest BCUT2D eigenvalue weighted by Gasteiger charge is -2.30. The monoisotopic (exact) mass is 1250 g/mol. The van der Waals surface area contributed by atoms with E-state index in [2.05, 4.69) is 52.3 Å². The van der Waals surface area contributed by atoms with Crippen LogP contribution in [0.15, 0.2) is 91.0 Å². The number of nitrogens with one attached hydrogen (secondary N) is 3. The van der Waals surface area contributed by atoms with Gasteiger partial charge >= 0.3 is 17.9 Å². The molecule has 3 aromatic heterocycles. The summed E-state index contributed by atoms with van der Waals surface area (Å²) in [6.07, 6.45) is 22.0. The predicted molar refractivity (Wildman–Crippen MR) is 348 cm³/mol. The molecule has 18 heteroatoms. The van der Waals surface area contributed by atoms with Gasteiger partial charge in [0.2, 0.25) is 0 Å². The van der Waals surface area contributed by atoms with Crippen molar-refractivity contribution in [1.29, 1.82) is 0 Å². The van der Waals surface area contributed by atoms with E-state index >= 15 is 0 Å². The van der Waals surface area contributed by atoms with Gasteiger partial charge in [-0.25, -0.2) is 0 Å². The fraction of sp³-hybridized carbons (Fsp3) is 0.554. The summed E-state index contributed by atoms with van der Waals surface area (Å²) < 4.78 is 21.9. The minimum Gasteiger partial charge on any atom is -0.466 e. The van der Waals surface area contributed by atoms with Crippen LogP contribution in [0.3, 0.4) is 0 Å². The maximum absolute atomic E-state index is 13.6. The summed E-state index contributed by atoms with van der Waals surface area (Å²) in [5.74, 6) is -0.169. The van der Waals surface area contributed by atoms with Gasteiger partial charge in [-0.1, -0.05) is 104 Å². The molecule has 14 rings (SSSR count). The molecule has 0 aliphatic heterocycles. The normalized spacial score (nSPS) is 24.7. The first kappa shape index (κ1) is 64.2. The van der Waals surface area contributed by atoms with E-state index in [0.717, 1.165) is 169 Å². The third kappa shape index (κ3) is 14.2. The number of esters is 3. The summed E-state index contributed by atoms with van der Waals surface area (Å²) in [4.78, 5) is 77.9. The first-order chi connectivity index (χ1) is 45.0. The van der Waals surface area contributed by atoms with Crippen molar-refractivity contribution in [1.82, 2.24) is 45.3 Å². The molecular formula is C74H93N9O9. The van der Waals surface area contributed by atoms with Gasteiger partial charge in [0.05, 0.1) is 62.9 Å². The third-order valence-electron chi connectivity index (χ3n) is 21.1. The quantitative estimate of drug-likeness (QED) is 0.0541. The molecule has 92 heavy (non-hydrogen) atoms. The third-order valence-corrected chi connectivity index (χ3v) is 21.1. The number of fused-ring (bicyclic) bond motifs is 7. The summed E-state index contributed by atoms with van der Waals surface area (Å²) >= 11 is 0. The Morgan fingerprint density at radius 2 is 0.837 bits per heavy atom. The Morgan fingerprint density at radius 3 is 1.34 bits per heavy atom. The molecule has 5 fully saturated rings. The van der Waals surface area contributed by atoms with Crippen LogP contribution in [0.25, 0.3) is 0 Å². The largest absolute Gasteiger partial charge is 0.466 e. The Kier molecular flexibility index (Phi) is 20.8. The molecule has 3 amide bonds. The van der Waals surface area contributed by atoms with E-state index in [9.17, 15) is 28.8 Å². The Balaban J connectivity index is 0.000000133. The van der Waals surface area contributed by atoms with Crippen molar-refractivity contribution >= 4 is 35.6 Å². The molecule has 4 bridgehead atoms. The predicted octanol–water partition coefficient (Wildman–Crippen LogP) is 10.7. The van der Waals surface area contributed by atoms with Crippen LogP contribution in [0.1, 0.15) is 205 Å². The minimum absolute atomic E-state index is 0.0848. The maximum Gasteiger partial charge on any atom is 0.311 e. The molecule has 8 aliphatic carbocycles. The Hall–Kier alpha value is -7.89. The Labute approximate surface area is 541 Å². The van der Waals surface area contributed by atoms with Gasteiger partial charge < -0.3 is 30.2 Å². The van der Waals surface area contributed by atoms with Crippen molar-refractivity contribution in [2.45, 2.75) is 200 Å². The van der Waals surface area contributed by atoms with Crippen LogP contribution in [0.2, 0.25) is 0 Å². The van der Waals surface area contributed by atoms with Crippen LogP contribution >= 0.6 is 0 Å². The molecule has 0 spiro atoms. The van der Waals surface area contributed by atoms with Crippen molar-refractivity contribution in [3.05, 3.63) is 159 Å². The summed E-state index contributed by atoms with van der Waals surface area (Å²) in [5.41, 5.74) is 12.0. The average molecular weight is 1250 g/mol. The topological polar surface area (TPSA) is 220 Å². The molecule has 8 aliphatic rings. The van der Waals surface area contributed by atoms with Crippen LogP contribution in [-0.2, 0) is 86.8 Å². The number of aromatic nitrogens is 6. The lowest BCUT2D eigenvalue weighted by atomic mass is 9.84. The van der Waals surface area contributed by atoms with E-state index in [1.807, 2.05) is 89.4 Å². The molecule has 3 aromatic carbocycles. The molecule has 5 saturated carbocycles. The van der Waals surface area contributed by atoms with Gasteiger partial charge in [0.25, 0.3) is 17.7 Å². The van der Waals surface area contributed by atoms with Gasteiger partial charge in [0.1, 0.15) is 5.69 Å². The van der Waals surface area contributed by atoms with E-state index in [0.29, 0.717) is 80.2 Å². The molecule has 18 nitrogen and oxygen atoms in total. The van der Waals surface area contributed by atoms with Gasteiger partial charge in [-0.2, -0.15) is 15.3 Å². The highest BCUT2D eigenvalue weighted by Crippen LogP contribution is 2.50. The van der Waals surface area contributed by atoms with Crippen molar-refractivity contribution in [2.24, 2.45) is 41.4 Å². The second-order valence-electron chi connectivity index (χ2n) is 26.8. The van der Waals surface area contributed by atoms with Gasteiger partial charge in [-0.15, -0.1) is 0 Å². The molecule has 0 saturated heterocycles. The number of hydrogen-bond acceptors (Lipinski definition) is 12. The van der Waals surface area contributed by atoms with Gasteiger partial charge in [-0.05, 0) is 190 Å². The van der Waals surface area contributed by atoms with Crippen molar-refractivity contribution in [3.8, 4) is 0 Å². The van der Waals surface area contributed by atoms with Crippen LogP contribution in [0.5, 0.6) is 0 Å². The number of carbonyl (C=O) groups is 6. The highest BCUT2D eigenvalue weighted by molar-refractivity contribution is 5.96. The number of benzene rings is 3. The standard InChI is InChI=1S/2C25H31N3O3.C24H31N3O3/c1-2-31-25(30)21-17-12-13-18(14-17)22(21)26-24(29)23-19-10-6-7-11-20(19)28(27-23)15-16-8-4-3-5-9-16;1-2-31-25(30)21-17-12-13-18(14-17)22(21)26-24(29)23-19-10-6-7-11-20(19)27-28(23)15-16-8-4-3-5-9-16;1-2-30-24(29)18-12-6-8-14-20(18)25-23(28)22-19-13-7-9-15-21(19)27(26-22)16-17-10-4-3-5-11-17/h2*3-5,8-9,17-18,21-22H,2,6-7,10-15H2,1H3,(H,26,29);3-5,10-11,18,20H,2,6-9,12-16H2,1H3,(H,25,28)/t2*17?,18?,21-,22+;18-,20-/m111/s1. The molecule has 0 radical (unpaired) electrons. The number of hydrogen-bond donors (Lipinski definition) is 3. The second kappa shape index (κ2) is 29.8. The van der Waals surface area contributed by atoms with Crippen LogP contribution < -0.4 is 16.0 Å². The van der Waals surface area contributed by atoms with Crippen LogP contribution in [-0.4, -0.2) is 103 Å². The molecule has 4 unspecified atom stereocenters. The van der Waals surface area contributed by atoms with E-state index in [1.165, 1.54) is 22.5 Å². The van der Waals surface area contributed by atoms with Crippen molar-refractivity contribution in [2.75, 3.05) is 19.8 Å². The van der Waals surface area contributed by atoms with Gasteiger partial charge in [0, 0.05) is 46.2 Å². The number of nitrogens with zero attached hydrogens (tertiary/aromatic N) is 6. The highest BCUT2D eigenvalue weighted by atomic mass is 16.5. The van der Waals surface area contributed by atoms with Crippen molar-refractivity contribution in [3.63, 3.8) is 0 Å². The molecule has 6 aromatic rings. The summed E-state index contributed by atoms with van der Waals surface area (Å²) in [5, 5.41) is 24.0. The zero-order chi connectivity index (χ0) is 63.7. The van der Waals surface area contributed by atoms with Gasteiger partial charge in [0.15, 0.2) is 11.4 Å². The van der Waals surface area contributed by atoms with E-state index in [-0.39, 0.29) is 71.5 Å². The molecular weight excluding hydrogens is 1160 g/mol. The number of carbonyl (C=O) groups excluding carboxylic acids is 6. The first-order valence-corrected chi connectivity index (χ1v) is 34.8. The zero-order valence-electron chi connectivity index (χ0n) is 54.1. The lowest BCUT2D eigenvalue weighted by molar-refractivity contribution is -0.151. The molecule has 10 atom stereocenters. The highest BCUT2D eigenvalue weighted by Gasteiger charge is 2.54. The molecule has 3 heterocycles. The van der Waals surface area contributed by atoms with Gasteiger partial charge in [-0.3, -0.25) is 42.8 Å². The maximum atomic E-state index is 13.6. The number of ether oxygens (including phenoxy) is 3. The zero-order valence-corrected chi connectivity index (χ0v) is 54.1. The lowest BCUT2D eigenvalue weighted by Crippen LogP contribution is -2.48. The fourth-order valence-corrected chi connectivity index (χ4v) is 16.9. The summed E-state index contributed by atoms with van der Waals surface area (Å²) in [6, 6.07) is 30.2. The van der Waals surface area contributed by atoms with E-state index < -0.39 is 0 Å². The fourth-order valence-electron chi connectivity index (χ4n) is 16.9. The van der Waals surface area contributed by atoms with Crippen molar-refractivity contribution < 1.29 is 43.0 Å². The SMILES string of the molecule is CCOC(=O)[C@@H]1C2CCC(C2)[C@@H]1NC(=O)c1c2c(nn1Cc1ccccc1)CCCC2.CCOC(=O)[C@@H]1C2CCC(C2)[C@@H]1NC(=O)c1nn(Cc2ccccc2)c2c1CCCC2.CCOC(=O)[C@@H]1CCCC[C@H]1NC(=O)c1nn(Cc2ccccc2)c2c1CCCC2. The minimum atomic E-state index is -0.259. The average Bonchev–Trinajstić information content (AvgIpc) is 1.68. The van der Waals surface area contributed by atoms with E-state index in [1.54, 1.807) is 0 Å². The number of rotatable bonds is 18. The Morgan fingerprint density at radius 1 is 0.424 bits per heavy atom. The summed E-state index contributed by atoms with van der Waals surface area (Å²) in [7, 11) is 0. The smallest absolute Gasteiger partial charge is 0.311 e. The number of amides is 3. The Bertz CT molecular complexity index is 3560. The van der Waals surface area contributed by atoms with Crippen LogP contribution in [0.4, 0.5) is 0 Å². The summed E-state index contributed by atoms with van der Waals surface area (Å²) in [6.45, 7) is 8.55. The molecule has 488 valence electrons. The van der Waals surface area contributed by atoms with E-state index in [4.69, 9.17) is 29.5 Å². The first-order valence-electron chi connectivity index (χ1n) is 34.8. The van der Waals surface area contributed by atoms with Crippen LogP contribution in [0, 0.1) is 41.4 Å². The number of aryl methyl sites for hydroxylation is 1. The second-order valence-corrected chi connectivity index (χ2v) is 26.8. The molecule has 3 N–H and O–H groups in total.